The Morgan fingerprint density at radius 1 is 1.24 bits per heavy atom. The van der Waals surface area contributed by atoms with Gasteiger partial charge in [0.2, 0.25) is 5.91 Å². The molecular weight excluding hydrogens is 384 g/mol. The maximum atomic E-state index is 12.3. The van der Waals surface area contributed by atoms with Crippen molar-refractivity contribution in [1.29, 1.82) is 0 Å². The van der Waals surface area contributed by atoms with Crippen LogP contribution in [0.2, 0.25) is 0 Å². The van der Waals surface area contributed by atoms with Gasteiger partial charge in [0.25, 0.3) is 5.91 Å². The molecule has 1 aromatic heterocycles. The molecule has 1 aromatic carbocycles. The first-order chi connectivity index (χ1) is 12.0. The lowest BCUT2D eigenvalue weighted by Gasteiger charge is -2.22. The van der Waals surface area contributed by atoms with Gasteiger partial charge in [0.05, 0.1) is 0 Å². The van der Waals surface area contributed by atoms with E-state index in [1.165, 1.54) is 19.3 Å². The van der Waals surface area contributed by atoms with Crippen molar-refractivity contribution in [3.8, 4) is 0 Å². The fourth-order valence-corrected chi connectivity index (χ4v) is 3.69. The number of benzene rings is 1. The molecule has 0 spiro atoms. The number of amides is 2. The van der Waals surface area contributed by atoms with Crippen LogP contribution in [0.15, 0.2) is 27.1 Å². The van der Waals surface area contributed by atoms with Gasteiger partial charge >= 0.3 is 0 Å². The van der Waals surface area contributed by atoms with Crippen molar-refractivity contribution in [2.75, 3.05) is 6.54 Å². The highest BCUT2D eigenvalue weighted by atomic mass is 79.9. The molecule has 1 aliphatic rings. The summed E-state index contributed by atoms with van der Waals surface area (Å²) >= 11 is 3.42. The standard InChI is InChI=1S/C19H23BrN2O3/c1-12-15-11-13(20)7-8-16(15)25-18(12)19(24)21-10-9-17(23)22-14-5-3-2-4-6-14/h7-8,11,14H,2-6,9-10H2,1H3,(H,21,24)(H,22,23). The summed E-state index contributed by atoms with van der Waals surface area (Å²) in [6, 6.07) is 5.94. The van der Waals surface area contributed by atoms with Crippen LogP contribution in [0.3, 0.4) is 0 Å². The van der Waals surface area contributed by atoms with Gasteiger partial charge in [-0.1, -0.05) is 35.2 Å². The number of carbonyl (C=O) groups excluding carboxylic acids is 2. The van der Waals surface area contributed by atoms with Crippen molar-refractivity contribution in [1.82, 2.24) is 10.6 Å². The zero-order chi connectivity index (χ0) is 17.8. The van der Waals surface area contributed by atoms with Crippen LogP contribution in [0.5, 0.6) is 0 Å². The smallest absolute Gasteiger partial charge is 0.287 e. The summed E-state index contributed by atoms with van der Waals surface area (Å²) in [5, 5.41) is 6.74. The summed E-state index contributed by atoms with van der Waals surface area (Å²) in [4.78, 5) is 24.3. The Bertz CT molecular complexity index is 778. The first-order valence-corrected chi connectivity index (χ1v) is 9.60. The lowest BCUT2D eigenvalue weighted by Crippen LogP contribution is -2.38. The van der Waals surface area contributed by atoms with E-state index in [9.17, 15) is 9.59 Å². The van der Waals surface area contributed by atoms with Crippen LogP contribution in [0.1, 0.15) is 54.6 Å². The van der Waals surface area contributed by atoms with E-state index in [2.05, 4.69) is 26.6 Å². The highest BCUT2D eigenvalue weighted by Crippen LogP contribution is 2.28. The Labute approximate surface area is 155 Å². The molecule has 0 unspecified atom stereocenters. The monoisotopic (exact) mass is 406 g/mol. The molecule has 2 amide bonds. The molecule has 2 aromatic rings. The SMILES string of the molecule is Cc1c(C(=O)NCCC(=O)NC2CCCCC2)oc2ccc(Br)cc12. The van der Waals surface area contributed by atoms with Crippen LogP contribution in [-0.2, 0) is 4.79 Å². The molecule has 0 aliphatic heterocycles. The van der Waals surface area contributed by atoms with Gasteiger partial charge in [-0.3, -0.25) is 9.59 Å². The number of rotatable bonds is 5. The van der Waals surface area contributed by atoms with Gasteiger partial charge in [0.15, 0.2) is 5.76 Å². The lowest BCUT2D eigenvalue weighted by atomic mass is 9.95. The number of furan rings is 1. The van der Waals surface area contributed by atoms with E-state index in [4.69, 9.17) is 4.42 Å². The molecule has 134 valence electrons. The summed E-state index contributed by atoms with van der Waals surface area (Å²) in [6.45, 7) is 2.17. The summed E-state index contributed by atoms with van der Waals surface area (Å²) in [7, 11) is 0. The van der Waals surface area contributed by atoms with Crippen molar-refractivity contribution < 1.29 is 14.0 Å². The highest BCUT2D eigenvalue weighted by Gasteiger charge is 2.19. The highest BCUT2D eigenvalue weighted by molar-refractivity contribution is 9.10. The maximum Gasteiger partial charge on any atom is 0.287 e. The molecule has 25 heavy (non-hydrogen) atoms. The number of aryl methyl sites for hydroxylation is 1. The van der Waals surface area contributed by atoms with Crippen LogP contribution in [0.4, 0.5) is 0 Å². The Morgan fingerprint density at radius 3 is 2.76 bits per heavy atom. The number of hydrogen-bond donors (Lipinski definition) is 2. The second-order valence-corrected chi connectivity index (χ2v) is 7.52. The van der Waals surface area contributed by atoms with Crippen molar-refractivity contribution in [3.63, 3.8) is 0 Å². The molecule has 1 heterocycles. The van der Waals surface area contributed by atoms with E-state index in [0.717, 1.165) is 28.3 Å². The number of carbonyl (C=O) groups is 2. The van der Waals surface area contributed by atoms with Gasteiger partial charge in [0.1, 0.15) is 5.58 Å². The summed E-state index contributed by atoms with van der Waals surface area (Å²) in [5.41, 5.74) is 1.49. The van der Waals surface area contributed by atoms with Crippen LogP contribution >= 0.6 is 15.9 Å². The molecule has 0 radical (unpaired) electrons. The fraction of sp³-hybridized carbons (Fsp3) is 0.474. The van der Waals surface area contributed by atoms with E-state index in [1.54, 1.807) is 0 Å². The van der Waals surface area contributed by atoms with E-state index in [0.29, 0.717) is 23.9 Å². The minimum absolute atomic E-state index is 0.00235. The fourth-order valence-electron chi connectivity index (χ4n) is 3.33. The van der Waals surface area contributed by atoms with E-state index >= 15 is 0 Å². The van der Waals surface area contributed by atoms with Crippen LogP contribution in [0.25, 0.3) is 11.0 Å². The van der Waals surface area contributed by atoms with E-state index < -0.39 is 0 Å². The summed E-state index contributed by atoms with van der Waals surface area (Å²) < 4.78 is 6.60. The van der Waals surface area contributed by atoms with Crippen molar-refractivity contribution >= 4 is 38.7 Å². The maximum absolute atomic E-state index is 12.3. The van der Waals surface area contributed by atoms with E-state index in [1.807, 2.05) is 25.1 Å². The third kappa shape index (κ3) is 4.42. The molecule has 3 rings (SSSR count). The van der Waals surface area contributed by atoms with Crippen LogP contribution < -0.4 is 10.6 Å². The molecule has 1 aliphatic carbocycles. The zero-order valence-corrected chi connectivity index (χ0v) is 15.9. The first kappa shape index (κ1) is 18.0. The topological polar surface area (TPSA) is 71.3 Å². The minimum atomic E-state index is -0.282. The largest absolute Gasteiger partial charge is 0.451 e. The van der Waals surface area contributed by atoms with Crippen LogP contribution in [-0.4, -0.2) is 24.4 Å². The third-order valence-corrected chi connectivity index (χ3v) is 5.21. The summed E-state index contributed by atoms with van der Waals surface area (Å²) in [5.74, 6) is 0.0218. The molecule has 6 heteroatoms. The second kappa shape index (κ2) is 8.04. The Hall–Kier alpha value is -1.82. The van der Waals surface area contributed by atoms with Crippen LogP contribution in [0, 0.1) is 6.92 Å². The average molecular weight is 407 g/mol. The Balaban J connectivity index is 1.52. The summed E-state index contributed by atoms with van der Waals surface area (Å²) in [6.07, 6.45) is 6.03. The number of fused-ring (bicyclic) bond motifs is 1. The molecule has 5 nitrogen and oxygen atoms in total. The molecule has 2 N–H and O–H groups in total. The quantitative estimate of drug-likeness (QED) is 0.785. The minimum Gasteiger partial charge on any atom is -0.451 e. The predicted octanol–water partition coefficient (Wildman–Crippen LogP) is 4.07. The van der Waals surface area contributed by atoms with E-state index in [-0.39, 0.29) is 18.2 Å². The van der Waals surface area contributed by atoms with Gasteiger partial charge in [-0.2, -0.15) is 0 Å². The van der Waals surface area contributed by atoms with Crippen molar-refractivity contribution in [3.05, 3.63) is 34.0 Å². The lowest BCUT2D eigenvalue weighted by molar-refractivity contribution is -0.121. The number of nitrogens with one attached hydrogen (secondary N) is 2. The van der Waals surface area contributed by atoms with Crippen molar-refractivity contribution in [2.24, 2.45) is 0 Å². The Kier molecular flexibility index (Phi) is 5.78. The third-order valence-electron chi connectivity index (χ3n) is 4.71. The predicted molar refractivity (Wildman–Crippen MR) is 101 cm³/mol. The first-order valence-electron chi connectivity index (χ1n) is 8.81. The molecule has 0 atom stereocenters. The van der Waals surface area contributed by atoms with Gasteiger partial charge in [-0.25, -0.2) is 0 Å². The zero-order valence-electron chi connectivity index (χ0n) is 14.4. The normalized spacial score (nSPS) is 15.3. The average Bonchev–Trinajstić information content (AvgIpc) is 2.92. The molecule has 1 saturated carbocycles. The van der Waals surface area contributed by atoms with Gasteiger partial charge < -0.3 is 15.1 Å². The van der Waals surface area contributed by atoms with Gasteiger partial charge in [-0.05, 0) is 38.0 Å². The number of hydrogen-bond acceptors (Lipinski definition) is 3. The molecule has 1 fully saturated rings. The van der Waals surface area contributed by atoms with Gasteiger partial charge in [0, 0.05) is 34.4 Å². The number of halogens is 1. The van der Waals surface area contributed by atoms with Crippen molar-refractivity contribution in [2.45, 2.75) is 51.5 Å². The Morgan fingerprint density at radius 2 is 2.00 bits per heavy atom. The molecule has 0 bridgehead atoms. The second-order valence-electron chi connectivity index (χ2n) is 6.61. The molecular formula is C19H23BrN2O3. The molecule has 0 saturated heterocycles. The van der Waals surface area contributed by atoms with Gasteiger partial charge in [-0.15, -0.1) is 0 Å².